The van der Waals surface area contributed by atoms with Crippen LogP contribution in [0.25, 0.3) is 0 Å². The summed E-state index contributed by atoms with van der Waals surface area (Å²) < 4.78 is 0. The molecule has 0 fully saturated rings. The van der Waals surface area contributed by atoms with Gasteiger partial charge in [-0.05, 0) is 13.3 Å². The normalized spacial score (nSPS) is 11.7. The smallest absolute Gasteiger partial charge is 0.0267 e. The third-order valence-corrected chi connectivity index (χ3v) is 0.446. The lowest BCUT2D eigenvalue weighted by Gasteiger charge is -1.70. The van der Waals surface area contributed by atoms with Crippen LogP contribution in [0.1, 0.15) is 20.3 Å². The third kappa shape index (κ3) is 5.34. The van der Waals surface area contributed by atoms with Crippen molar-refractivity contribution < 1.29 is 0 Å². The lowest BCUT2D eigenvalue weighted by Crippen LogP contribution is -1.63. The van der Waals surface area contributed by atoms with Crippen LogP contribution in [-0.2, 0) is 0 Å². The van der Waals surface area contributed by atoms with Gasteiger partial charge in [-0.3, -0.25) is 0 Å². The Bertz CT molecular complexity index is 74.1. The SMILES string of the molecule is C/C=N\N=C/CC. The highest BCUT2D eigenvalue weighted by molar-refractivity contribution is 5.59. The van der Waals surface area contributed by atoms with Crippen molar-refractivity contribution in [2.45, 2.75) is 20.3 Å². The van der Waals surface area contributed by atoms with E-state index in [9.17, 15) is 0 Å². The van der Waals surface area contributed by atoms with Crippen LogP contribution in [0.3, 0.4) is 0 Å². The first-order chi connectivity index (χ1) is 3.41. The van der Waals surface area contributed by atoms with E-state index in [0.29, 0.717) is 0 Å². The quantitative estimate of drug-likeness (QED) is 0.369. The minimum Gasteiger partial charge on any atom is -0.164 e. The molecule has 0 amide bonds. The monoisotopic (exact) mass is 98.1 g/mol. The average molecular weight is 98.1 g/mol. The summed E-state index contributed by atoms with van der Waals surface area (Å²) in [5, 5.41) is 7.26. The number of nitrogens with zero attached hydrogens (tertiary/aromatic N) is 2. The van der Waals surface area contributed by atoms with Crippen LogP contribution < -0.4 is 0 Å². The van der Waals surface area contributed by atoms with Crippen LogP contribution in [0.15, 0.2) is 10.2 Å². The summed E-state index contributed by atoms with van der Waals surface area (Å²) in [4.78, 5) is 0. The highest BCUT2D eigenvalue weighted by atomic mass is 15.2. The summed E-state index contributed by atoms with van der Waals surface area (Å²) in [6.07, 6.45) is 4.38. The molecule has 2 heteroatoms. The van der Waals surface area contributed by atoms with Gasteiger partial charge in [0.25, 0.3) is 0 Å². The Labute approximate surface area is 44.0 Å². The van der Waals surface area contributed by atoms with Gasteiger partial charge in [0.05, 0.1) is 0 Å². The van der Waals surface area contributed by atoms with Crippen LogP contribution in [0.4, 0.5) is 0 Å². The van der Waals surface area contributed by atoms with Crippen molar-refractivity contribution >= 4 is 12.4 Å². The zero-order valence-electron chi connectivity index (χ0n) is 4.76. The topological polar surface area (TPSA) is 24.7 Å². The highest BCUT2D eigenvalue weighted by Gasteiger charge is 1.58. The molecular formula is C5H10N2. The van der Waals surface area contributed by atoms with Crippen LogP contribution >= 0.6 is 0 Å². The molecule has 0 aliphatic heterocycles. The Morgan fingerprint density at radius 2 is 2.14 bits per heavy atom. The van der Waals surface area contributed by atoms with Crippen LogP contribution in [0.5, 0.6) is 0 Å². The van der Waals surface area contributed by atoms with Crippen molar-refractivity contribution in [3.63, 3.8) is 0 Å². The summed E-state index contributed by atoms with van der Waals surface area (Å²) in [7, 11) is 0. The second-order valence-corrected chi connectivity index (χ2v) is 1.08. The predicted molar refractivity (Wildman–Crippen MR) is 32.9 cm³/mol. The minimum atomic E-state index is 0.956. The van der Waals surface area contributed by atoms with Gasteiger partial charge in [0.2, 0.25) is 0 Å². The first-order valence-corrected chi connectivity index (χ1v) is 2.41. The first kappa shape index (κ1) is 6.34. The van der Waals surface area contributed by atoms with Gasteiger partial charge in [0.15, 0.2) is 0 Å². The van der Waals surface area contributed by atoms with Gasteiger partial charge in [-0.2, -0.15) is 10.2 Å². The van der Waals surface area contributed by atoms with Crippen molar-refractivity contribution in [1.82, 2.24) is 0 Å². The van der Waals surface area contributed by atoms with E-state index in [-0.39, 0.29) is 0 Å². The second-order valence-electron chi connectivity index (χ2n) is 1.08. The Balaban J connectivity index is 3.09. The molecule has 0 atom stereocenters. The zero-order valence-corrected chi connectivity index (χ0v) is 4.76. The van der Waals surface area contributed by atoms with Crippen LogP contribution in [0.2, 0.25) is 0 Å². The molecule has 0 aromatic rings. The molecular weight excluding hydrogens is 88.1 g/mol. The van der Waals surface area contributed by atoms with Crippen LogP contribution in [0, 0.1) is 0 Å². The van der Waals surface area contributed by atoms with Gasteiger partial charge in [0, 0.05) is 12.4 Å². The maximum atomic E-state index is 3.65. The number of hydrogen-bond donors (Lipinski definition) is 0. The Kier molecular flexibility index (Phi) is 4.84. The molecule has 0 aromatic carbocycles. The van der Waals surface area contributed by atoms with E-state index in [1.165, 1.54) is 0 Å². The summed E-state index contributed by atoms with van der Waals surface area (Å²) >= 11 is 0. The maximum absolute atomic E-state index is 3.65. The van der Waals surface area contributed by atoms with Crippen molar-refractivity contribution in [3.8, 4) is 0 Å². The molecule has 0 aliphatic carbocycles. The van der Waals surface area contributed by atoms with Gasteiger partial charge >= 0.3 is 0 Å². The van der Waals surface area contributed by atoms with Gasteiger partial charge < -0.3 is 0 Å². The maximum Gasteiger partial charge on any atom is 0.0267 e. The first-order valence-electron chi connectivity index (χ1n) is 2.41. The lowest BCUT2D eigenvalue weighted by atomic mass is 10.6. The summed E-state index contributed by atoms with van der Waals surface area (Å²) in [5.41, 5.74) is 0. The molecule has 0 aromatic heterocycles. The molecule has 40 valence electrons. The van der Waals surface area contributed by atoms with Gasteiger partial charge in [-0.15, -0.1) is 0 Å². The summed E-state index contributed by atoms with van der Waals surface area (Å²) in [6, 6.07) is 0. The van der Waals surface area contributed by atoms with Crippen molar-refractivity contribution in [3.05, 3.63) is 0 Å². The van der Waals surface area contributed by atoms with Crippen LogP contribution in [-0.4, -0.2) is 12.4 Å². The van der Waals surface area contributed by atoms with E-state index in [1.807, 2.05) is 13.8 Å². The molecule has 7 heavy (non-hydrogen) atoms. The summed E-state index contributed by atoms with van der Waals surface area (Å²) in [5.74, 6) is 0. The molecule has 0 heterocycles. The number of rotatable bonds is 2. The number of hydrogen-bond acceptors (Lipinski definition) is 2. The van der Waals surface area contributed by atoms with Gasteiger partial charge in [-0.25, -0.2) is 0 Å². The van der Waals surface area contributed by atoms with E-state index in [0.717, 1.165) is 6.42 Å². The molecule has 0 radical (unpaired) electrons. The zero-order chi connectivity index (χ0) is 5.54. The highest BCUT2D eigenvalue weighted by Crippen LogP contribution is 1.68. The van der Waals surface area contributed by atoms with E-state index >= 15 is 0 Å². The lowest BCUT2D eigenvalue weighted by molar-refractivity contribution is 1.21. The Morgan fingerprint density at radius 1 is 1.43 bits per heavy atom. The van der Waals surface area contributed by atoms with Gasteiger partial charge in [0.1, 0.15) is 0 Å². The molecule has 0 spiro atoms. The average Bonchev–Trinajstić information content (AvgIpc) is 1.69. The van der Waals surface area contributed by atoms with Gasteiger partial charge in [-0.1, -0.05) is 6.92 Å². The third-order valence-electron chi connectivity index (χ3n) is 0.446. The molecule has 0 aliphatic rings. The molecule has 0 saturated carbocycles. The van der Waals surface area contributed by atoms with E-state index in [1.54, 1.807) is 12.4 Å². The molecule has 0 N–H and O–H groups in total. The molecule has 2 nitrogen and oxygen atoms in total. The molecule has 0 rings (SSSR count). The summed E-state index contributed by atoms with van der Waals surface area (Å²) in [6.45, 7) is 3.86. The molecule has 0 bridgehead atoms. The predicted octanol–water partition coefficient (Wildman–Crippen LogP) is 1.47. The van der Waals surface area contributed by atoms with Crippen molar-refractivity contribution in [2.75, 3.05) is 0 Å². The van der Waals surface area contributed by atoms with E-state index < -0.39 is 0 Å². The van der Waals surface area contributed by atoms with Crippen molar-refractivity contribution in [2.24, 2.45) is 10.2 Å². The fraction of sp³-hybridized carbons (Fsp3) is 0.600. The standard InChI is InChI=1S/C5H10N2/c1-3-5-7-6-4-2/h4-5H,3H2,1-2H3/b6-4-,7-5-. The minimum absolute atomic E-state index is 0.956. The molecule has 0 unspecified atom stereocenters. The second kappa shape index (κ2) is 5.34. The van der Waals surface area contributed by atoms with Crippen molar-refractivity contribution in [1.29, 1.82) is 0 Å². The Morgan fingerprint density at radius 3 is 2.57 bits per heavy atom. The fourth-order valence-electron chi connectivity index (χ4n) is 0.195. The van der Waals surface area contributed by atoms with E-state index in [2.05, 4.69) is 10.2 Å². The fourth-order valence-corrected chi connectivity index (χ4v) is 0.195. The molecule has 0 saturated heterocycles. The van der Waals surface area contributed by atoms with E-state index in [4.69, 9.17) is 0 Å². The Hall–Kier alpha value is -0.660. The largest absolute Gasteiger partial charge is 0.164 e.